The highest BCUT2D eigenvalue weighted by Gasteiger charge is 2.28. The predicted octanol–water partition coefficient (Wildman–Crippen LogP) is 3.74. The van der Waals surface area contributed by atoms with Crippen LogP contribution in [0, 0.1) is 0 Å². The fraction of sp³-hybridized carbons (Fsp3) is 0.474. The van der Waals surface area contributed by atoms with Crippen LogP contribution >= 0.6 is 11.3 Å². The first kappa shape index (κ1) is 19.4. The van der Waals surface area contributed by atoms with E-state index in [0.29, 0.717) is 35.6 Å². The quantitative estimate of drug-likeness (QED) is 0.655. The molecule has 29 heavy (non-hydrogen) atoms. The summed E-state index contributed by atoms with van der Waals surface area (Å²) in [4.78, 5) is 23.0. The molecule has 0 spiro atoms. The lowest BCUT2D eigenvalue weighted by Gasteiger charge is -2.29. The van der Waals surface area contributed by atoms with Crippen molar-refractivity contribution >= 4 is 22.5 Å². The number of urea groups is 1. The highest BCUT2D eigenvalue weighted by Crippen LogP contribution is 2.28. The Morgan fingerprint density at radius 3 is 2.93 bits per heavy atom. The second-order valence-electron chi connectivity index (χ2n) is 6.97. The Hall–Kier alpha value is -2.88. The number of hydrogen-bond donors (Lipinski definition) is 1. The van der Waals surface area contributed by atoms with Crippen molar-refractivity contribution in [2.24, 2.45) is 0 Å². The maximum atomic E-state index is 12.5. The second kappa shape index (κ2) is 9.08. The first-order valence-corrected chi connectivity index (χ1v) is 10.7. The highest BCUT2D eigenvalue weighted by molar-refractivity contribution is 7.15. The Balaban J connectivity index is 1.29. The summed E-state index contributed by atoms with van der Waals surface area (Å²) < 4.78 is 5.45. The van der Waals surface area contributed by atoms with Gasteiger partial charge in [-0.25, -0.2) is 4.79 Å². The fourth-order valence-electron chi connectivity index (χ4n) is 3.23. The highest BCUT2D eigenvalue weighted by atomic mass is 32.1. The lowest BCUT2D eigenvalue weighted by atomic mass is 9.97. The molecule has 1 aliphatic heterocycles. The van der Waals surface area contributed by atoms with Crippen LogP contribution in [-0.2, 0) is 6.42 Å². The molecule has 2 amide bonds. The van der Waals surface area contributed by atoms with Gasteiger partial charge < -0.3 is 9.42 Å². The third-order valence-corrected chi connectivity index (χ3v) is 5.79. The summed E-state index contributed by atoms with van der Waals surface area (Å²) in [6.45, 7) is 3.39. The number of amides is 2. The standard InChI is InChI=1S/C19H23N7O2S/c1-2-3-7-15-23-24-18(29-15)22-19(27)26-11-8-13(9-12-26)17-21-16(25-28-17)14-6-4-5-10-20-14/h4-6,10,13H,2-3,7-9,11-12H2,1H3,(H,22,24,27). The normalized spacial score (nSPS) is 14.9. The van der Waals surface area contributed by atoms with Crippen molar-refractivity contribution in [2.45, 2.75) is 44.9 Å². The van der Waals surface area contributed by atoms with E-state index < -0.39 is 0 Å². The third kappa shape index (κ3) is 4.76. The molecule has 0 atom stereocenters. The number of nitrogens with zero attached hydrogens (tertiary/aromatic N) is 6. The van der Waals surface area contributed by atoms with E-state index in [-0.39, 0.29) is 11.9 Å². The molecule has 4 rings (SSSR count). The number of aromatic nitrogens is 5. The summed E-state index contributed by atoms with van der Waals surface area (Å²) in [5, 5.41) is 16.6. The van der Waals surface area contributed by atoms with E-state index in [0.717, 1.165) is 37.1 Å². The van der Waals surface area contributed by atoms with E-state index in [2.05, 4.69) is 37.6 Å². The van der Waals surface area contributed by atoms with Crippen LogP contribution in [0.25, 0.3) is 11.5 Å². The maximum absolute atomic E-state index is 12.5. The molecular formula is C19H23N7O2S. The third-order valence-electron chi connectivity index (χ3n) is 4.89. The van der Waals surface area contributed by atoms with E-state index in [1.54, 1.807) is 11.1 Å². The first-order valence-electron chi connectivity index (χ1n) is 9.86. The van der Waals surface area contributed by atoms with Crippen LogP contribution in [0.2, 0.25) is 0 Å². The number of rotatable bonds is 6. The van der Waals surface area contributed by atoms with Crippen molar-refractivity contribution < 1.29 is 9.32 Å². The fourth-order valence-corrected chi connectivity index (χ4v) is 4.00. The lowest BCUT2D eigenvalue weighted by Crippen LogP contribution is -2.40. The van der Waals surface area contributed by atoms with Crippen LogP contribution in [-0.4, -0.2) is 49.3 Å². The van der Waals surface area contributed by atoms with Gasteiger partial charge in [0.25, 0.3) is 0 Å². The molecule has 0 aliphatic carbocycles. The number of carbonyl (C=O) groups is 1. The van der Waals surface area contributed by atoms with Gasteiger partial charge in [0.15, 0.2) is 0 Å². The SMILES string of the molecule is CCCCc1nnc(NC(=O)N2CCC(c3nc(-c4ccccn4)no3)CC2)s1. The van der Waals surface area contributed by atoms with Crippen molar-refractivity contribution in [3.63, 3.8) is 0 Å². The predicted molar refractivity (Wildman–Crippen MR) is 109 cm³/mol. The molecule has 1 aliphatic rings. The number of piperidine rings is 1. The van der Waals surface area contributed by atoms with Crippen molar-refractivity contribution in [1.82, 2.24) is 30.2 Å². The molecule has 0 saturated carbocycles. The molecule has 3 aromatic heterocycles. The average Bonchev–Trinajstić information content (AvgIpc) is 3.43. The smallest absolute Gasteiger partial charge is 0.323 e. The Labute approximate surface area is 172 Å². The largest absolute Gasteiger partial charge is 0.339 e. The van der Waals surface area contributed by atoms with Gasteiger partial charge in [0.2, 0.25) is 16.8 Å². The summed E-state index contributed by atoms with van der Waals surface area (Å²) in [7, 11) is 0. The molecule has 0 radical (unpaired) electrons. The van der Waals surface area contributed by atoms with Crippen LogP contribution in [0.4, 0.5) is 9.93 Å². The van der Waals surface area contributed by atoms with Gasteiger partial charge in [-0.3, -0.25) is 10.3 Å². The minimum atomic E-state index is -0.138. The van der Waals surface area contributed by atoms with Crippen molar-refractivity contribution in [2.75, 3.05) is 18.4 Å². The number of carbonyl (C=O) groups excluding carboxylic acids is 1. The molecule has 4 heterocycles. The molecule has 3 aromatic rings. The average molecular weight is 414 g/mol. The molecule has 0 unspecified atom stereocenters. The van der Waals surface area contributed by atoms with Crippen LogP contribution in [0.5, 0.6) is 0 Å². The van der Waals surface area contributed by atoms with Gasteiger partial charge in [-0.05, 0) is 31.4 Å². The number of anilines is 1. The molecule has 152 valence electrons. The minimum absolute atomic E-state index is 0.138. The van der Waals surface area contributed by atoms with Crippen LogP contribution in [0.15, 0.2) is 28.9 Å². The maximum Gasteiger partial charge on any atom is 0.323 e. The molecule has 1 N–H and O–H groups in total. The first-order chi connectivity index (χ1) is 14.2. The molecule has 9 nitrogen and oxygen atoms in total. The molecule has 1 fully saturated rings. The molecule has 0 aromatic carbocycles. The minimum Gasteiger partial charge on any atom is -0.339 e. The van der Waals surface area contributed by atoms with Crippen LogP contribution in [0.3, 0.4) is 0 Å². The molecular weight excluding hydrogens is 390 g/mol. The Morgan fingerprint density at radius 2 is 2.17 bits per heavy atom. The number of unbranched alkanes of at least 4 members (excludes halogenated alkanes) is 1. The lowest BCUT2D eigenvalue weighted by molar-refractivity contribution is 0.187. The number of hydrogen-bond acceptors (Lipinski definition) is 8. The monoisotopic (exact) mass is 413 g/mol. The summed E-state index contributed by atoms with van der Waals surface area (Å²) in [5.41, 5.74) is 0.690. The second-order valence-corrected chi connectivity index (χ2v) is 8.03. The van der Waals surface area contributed by atoms with Gasteiger partial charge in [0.1, 0.15) is 10.7 Å². The van der Waals surface area contributed by atoms with Crippen LogP contribution < -0.4 is 5.32 Å². The summed E-state index contributed by atoms with van der Waals surface area (Å²) in [6.07, 6.45) is 6.34. The van der Waals surface area contributed by atoms with Crippen molar-refractivity contribution in [3.05, 3.63) is 35.3 Å². The van der Waals surface area contributed by atoms with Gasteiger partial charge in [-0.2, -0.15) is 4.98 Å². The van der Waals surface area contributed by atoms with E-state index in [1.807, 2.05) is 18.2 Å². The van der Waals surface area contributed by atoms with Gasteiger partial charge in [-0.1, -0.05) is 35.9 Å². The van der Waals surface area contributed by atoms with Crippen LogP contribution in [0.1, 0.15) is 49.4 Å². The molecule has 10 heteroatoms. The van der Waals surface area contributed by atoms with Crippen molar-refractivity contribution in [1.29, 1.82) is 0 Å². The van der Waals surface area contributed by atoms with Gasteiger partial charge in [0.05, 0.1) is 0 Å². The number of pyridine rings is 1. The topological polar surface area (TPSA) is 110 Å². The number of aryl methyl sites for hydroxylation is 1. The Kier molecular flexibility index (Phi) is 6.09. The molecule has 0 bridgehead atoms. The zero-order chi connectivity index (χ0) is 20.1. The zero-order valence-corrected chi connectivity index (χ0v) is 17.1. The summed E-state index contributed by atoms with van der Waals surface area (Å²) >= 11 is 1.44. The number of likely N-dealkylation sites (tertiary alicyclic amines) is 1. The van der Waals surface area contributed by atoms with Crippen molar-refractivity contribution in [3.8, 4) is 11.5 Å². The Morgan fingerprint density at radius 1 is 1.31 bits per heavy atom. The summed E-state index contributed by atoms with van der Waals surface area (Å²) in [5.74, 6) is 1.25. The zero-order valence-electron chi connectivity index (χ0n) is 16.2. The Bertz CT molecular complexity index is 935. The van der Waals surface area contributed by atoms with Gasteiger partial charge in [-0.15, -0.1) is 10.2 Å². The van der Waals surface area contributed by atoms with Gasteiger partial charge >= 0.3 is 6.03 Å². The van der Waals surface area contributed by atoms with E-state index >= 15 is 0 Å². The number of nitrogens with one attached hydrogen (secondary N) is 1. The van der Waals surface area contributed by atoms with Gasteiger partial charge in [0, 0.05) is 31.6 Å². The van der Waals surface area contributed by atoms with E-state index in [1.165, 1.54) is 11.3 Å². The summed E-state index contributed by atoms with van der Waals surface area (Å²) in [6, 6.07) is 5.45. The van der Waals surface area contributed by atoms with E-state index in [9.17, 15) is 4.79 Å². The van der Waals surface area contributed by atoms with E-state index in [4.69, 9.17) is 4.52 Å². The molecule has 1 saturated heterocycles.